The summed E-state index contributed by atoms with van der Waals surface area (Å²) in [6, 6.07) is 14.9. The van der Waals surface area contributed by atoms with Crippen LogP contribution in [0.2, 0.25) is 5.02 Å². The molecule has 0 aromatic heterocycles. The van der Waals surface area contributed by atoms with Gasteiger partial charge in [0, 0.05) is 23.6 Å². The van der Waals surface area contributed by atoms with Gasteiger partial charge in [0.1, 0.15) is 6.10 Å². The zero-order valence-corrected chi connectivity index (χ0v) is 20.3. The van der Waals surface area contributed by atoms with Crippen LogP contribution in [0.3, 0.4) is 0 Å². The maximum absolute atomic E-state index is 13.1. The monoisotopic (exact) mass is 467 g/mol. The summed E-state index contributed by atoms with van der Waals surface area (Å²) < 4.78 is 5.99. The van der Waals surface area contributed by atoms with Gasteiger partial charge in [0.2, 0.25) is 0 Å². The number of aliphatic hydroxyl groups excluding tert-OH is 1. The Bertz CT molecular complexity index is 780. The van der Waals surface area contributed by atoms with E-state index in [1.54, 1.807) is 12.1 Å². The molecule has 31 heavy (non-hydrogen) atoms. The molecule has 0 bridgehead atoms. The molecule has 0 aliphatic rings. The van der Waals surface area contributed by atoms with Gasteiger partial charge < -0.3 is 14.7 Å². The van der Waals surface area contributed by atoms with Crippen LogP contribution in [0.25, 0.3) is 0 Å². The van der Waals surface area contributed by atoms with E-state index in [4.69, 9.17) is 16.3 Å². The Morgan fingerprint density at radius 2 is 1.74 bits per heavy atom. The Kier molecular flexibility index (Phi) is 13.0. The lowest BCUT2D eigenvalue weighted by molar-refractivity contribution is -0.0134. The molecular weight excluding hydrogens is 433 g/mol. The Balaban J connectivity index is 0.00000480. The minimum absolute atomic E-state index is 0. The van der Waals surface area contributed by atoms with Crippen LogP contribution in [-0.4, -0.2) is 54.2 Å². The van der Waals surface area contributed by atoms with Gasteiger partial charge in [-0.2, -0.15) is 0 Å². The molecule has 2 rings (SSSR count). The van der Waals surface area contributed by atoms with E-state index in [1.807, 2.05) is 43.3 Å². The van der Waals surface area contributed by atoms with E-state index >= 15 is 0 Å². The number of ether oxygens (including phenoxy) is 1. The fourth-order valence-corrected chi connectivity index (χ4v) is 3.69. The highest BCUT2D eigenvalue weighted by atomic mass is 35.5. The number of carbonyl (C=O) groups is 1. The van der Waals surface area contributed by atoms with Crippen molar-refractivity contribution in [2.24, 2.45) is 0 Å². The number of nitrogens with zero attached hydrogens (tertiary/aromatic N) is 1. The SMILES string of the molecule is CCCN(CCC)CC(O)COC(Cc1ccc(Cl)c(C)c1)C(=O)c1ccccc1.Cl. The van der Waals surface area contributed by atoms with Crippen molar-refractivity contribution in [3.8, 4) is 0 Å². The minimum Gasteiger partial charge on any atom is -0.389 e. The van der Waals surface area contributed by atoms with Crippen LogP contribution in [0, 0.1) is 6.92 Å². The average molecular weight is 468 g/mol. The van der Waals surface area contributed by atoms with E-state index in [0.29, 0.717) is 23.6 Å². The van der Waals surface area contributed by atoms with Gasteiger partial charge in [-0.3, -0.25) is 4.79 Å². The lowest BCUT2D eigenvalue weighted by Crippen LogP contribution is -2.38. The molecule has 0 aliphatic heterocycles. The van der Waals surface area contributed by atoms with Crippen LogP contribution in [0.1, 0.15) is 48.2 Å². The number of rotatable bonds is 13. The molecule has 0 fully saturated rings. The molecule has 2 unspecified atom stereocenters. The quantitative estimate of drug-likeness (QED) is 0.402. The van der Waals surface area contributed by atoms with Crippen LogP contribution >= 0.6 is 24.0 Å². The Labute approximate surface area is 198 Å². The number of aryl methyl sites for hydroxylation is 1. The largest absolute Gasteiger partial charge is 0.389 e. The third-order valence-electron chi connectivity index (χ3n) is 5.03. The highest BCUT2D eigenvalue weighted by Gasteiger charge is 2.23. The van der Waals surface area contributed by atoms with Gasteiger partial charge in [-0.25, -0.2) is 0 Å². The maximum atomic E-state index is 13.1. The molecule has 172 valence electrons. The molecule has 0 aliphatic carbocycles. The first-order valence-corrected chi connectivity index (χ1v) is 11.2. The maximum Gasteiger partial charge on any atom is 0.191 e. The second-order valence-electron chi connectivity index (χ2n) is 7.79. The summed E-state index contributed by atoms with van der Waals surface area (Å²) in [5, 5.41) is 11.2. The number of aliphatic hydroxyl groups is 1. The summed E-state index contributed by atoms with van der Waals surface area (Å²) in [6.45, 7) is 8.78. The number of hydrogen-bond acceptors (Lipinski definition) is 4. The second-order valence-corrected chi connectivity index (χ2v) is 8.20. The van der Waals surface area contributed by atoms with Crippen LogP contribution < -0.4 is 0 Å². The Hall–Kier alpha value is -1.43. The molecule has 0 spiro atoms. The number of ketones is 1. The van der Waals surface area contributed by atoms with Gasteiger partial charge in [0.25, 0.3) is 0 Å². The van der Waals surface area contributed by atoms with E-state index in [1.165, 1.54) is 0 Å². The first kappa shape index (κ1) is 27.6. The number of Topliss-reactive ketones (excluding diaryl/α,β-unsaturated/α-hetero) is 1. The van der Waals surface area contributed by atoms with E-state index in [-0.39, 0.29) is 24.8 Å². The van der Waals surface area contributed by atoms with Gasteiger partial charge in [-0.1, -0.05) is 67.9 Å². The minimum atomic E-state index is -0.659. The predicted octanol–water partition coefficient (Wildman–Crippen LogP) is 5.36. The lowest BCUT2D eigenvalue weighted by Gasteiger charge is -2.25. The third-order valence-corrected chi connectivity index (χ3v) is 5.46. The molecule has 0 saturated heterocycles. The van der Waals surface area contributed by atoms with E-state index in [0.717, 1.165) is 37.1 Å². The summed E-state index contributed by atoms with van der Waals surface area (Å²) in [6.07, 6.45) is 1.22. The molecule has 4 nitrogen and oxygen atoms in total. The highest BCUT2D eigenvalue weighted by Crippen LogP contribution is 2.19. The zero-order valence-electron chi connectivity index (χ0n) is 18.7. The van der Waals surface area contributed by atoms with Crippen LogP contribution in [-0.2, 0) is 11.2 Å². The van der Waals surface area contributed by atoms with Crippen molar-refractivity contribution in [1.29, 1.82) is 0 Å². The Morgan fingerprint density at radius 1 is 1.10 bits per heavy atom. The molecule has 2 atom stereocenters. The van der Waals surface area contributed by atoms with Crippen molar-refractivity contribution in [2.75, 3.05) is 26.2 Å². The first-order chi connectivity index (χ1) is 14.4. The first-order valence-electron chi connectivity index (χ1n) is 10.8. The smallest absolute Gasteiger partial charge is 0.191 e. The molecule has 0 amide bonds. The third kappa shape index (κ3) is 9.30. The van der Waals surface area contributed by atoms with E-state index in [2.05, 4.69) is 18.7 Å². The number of benzene rings is 2. The normalized spacial score (nSPS) is 13.0. The molecule has 2 aromatic carbocycles. The highest BCUT2D eigenvalue weighted by molar-refractivity contribution is 6.31. The number of hydrogen-bond donors (Lipinski definition) is 1. The van der Waals surface area contributed by atoms with Crippen molar-refractivity contribution in [1.82, 2.24) is 4.90 Å². The molecule has 1 N–H and O–H groups in total. The number of halogens is 2. The lowest BCUT2D eigenvalue weighted by atomic mass is 9.99. The number of carbonyl (C=O) groups excluding carboxylic acids is 1. The van der Waals surface area contributed by atoms with Gasteiger partial charge in [0.15, 0.2) is 5.78 Å². The van der Waals surface area contributed by atoms with Gasteiger partial charge in [0.05, 0.1) is 12.7 Å². The molecule has 0 radical (unpaired) electrons. The van der Waals surface area contributed by atoms with Crippen LogP contribution in [0.15, 0.2) is 48.5 Å². The van der Waals surface area contributed by atoms with E-state index < -0.39 is 12.2 Å². The second kappa shape index (κ2) is 14.6. The van der Waals surface area contributed by atoms with Crippen molar-refractivity contribution in [3.05, 3.63) is 70.2 Å². The standard InChI is InChI=1S/C25H34ClNO3.ClH/c1-4-13-27(14-5-2)17-22(28)18-30-24(25(29)21-9-7-6-8-10-21)16-20-11-12-23(26)19(3)15-20;/h6-12,15,22,24,28H,4-5,13-14,16-18H2,1-3H3;1H. The molecule has 2 aromatic rings. The molecular formula is C25H35Cl2NO3. The fourth-order valence-electron chi connectivity index (χ4n) is 3.57. The van der Waals surface area contributed by atoms with Crippen molar-refractivity contribution >= 4 is 29.8 Å². The summed E-state index contributed by atoms with van der Waals surface area (Å²) in [5.74, 6) is -0.0747. The Morgan fingerprint density at radius 3 is 2.32 bits per heavy atom. The topological polar surface area (TPSA) is 49.8 Å². The molecule has 6 heteroatoms. The summed E-state index contributed by atoms with van der Waals surface area (Å²) in [4.78, 5) is 15.3. The summed E-state index contributed by atoms with van der Waals surface area (Å²) in [5.41, 5.74) is 2.57. The zero-order chi connectivity index (χ0) is 21.9. The van der Waals surface area contributed by atoms with Crippen molar-refractivity contribution in [3.63, 3.8) is 0 Å². The molecule has 0 heterocycles. The average Bonchev–Trinajstić information content (AvgIpc) is 2.74. The van der Waals surface area contributed by atoms with E-state index in [9.17, 15) is 9.90 Å². The summed E-state index contributed by atoms with van der Waals surface area (Å²) >= 11 is 6.14. The van der Waals surface area contributed by atoms with Crippen molar-refractivity contribution < 1.29 is 14.6 Å². The van der Waals surface area contributed by atoms with Crippen LogP contribution in [0.4, 0.5) is 0 Å². The van der Waals surface area contributed by atoms with Gasteiger partial charge in [-0.15, -0.1) is 12.4 Å². The predicted molar refractivity (Wildman–Crippen MR) is 131 cm³/mol. The van der Waals surface area contributed by atoms with Crippen LogP contribution in [0.5, 0.6) is 0 Å². The van der Waals surface area contributed by atoms with Crippen molar-refractivity contribution in [2.45, 2.75) is 52.2 Å². The fraction of sp³-hybridized carbons (Fsp3) is 0.480. The summed E-state index contributed by atoms with van der Waals surface area (Å²) in [7, 11) is 0. The van der Waals surface area contributed by atoms with Gasteiger partial charge in [-0.05, 0) is 50.0 Å². The molecule has 0 saturated carbocycles. The van der Waals surface area contributed by atoms with Gasteiger partial charge >= 0.3 is 0 Å².